The maximum Gasteiger partial charge on any atom is 0.353 e. The molecule has 1 aromatic rings. The van der Waals surface area contributed by atoms with Gasteiger partial charge in [0.1, 0.15) is 6.33 Å². The third kappa shape index (κ3) is 2.79. The molecular weight excluding hydrogens is 260 g/mol. The highest BCUT2D eigenvalue weighted by molar-refractivity contribution is 5.71. The van der Waals surface area contributed by atoms with Crippen LogP contribution in [0.4, 0.5) is 17.3 Å². The molecule has 0 aliphatic carbocycles. The van der Waals surface area contributed by atoms with E-state index in [1.54, 1.807) is 0 Å². The highest BCUT2D eigenvalue weighted by Gasteiger charge is 2.29. The monoisotopic (exact) mass is 280 g/mol. The molecule has 110 valence electrons. The summed E-state index contributed by atoms with van der Waals surface area (Å²) in [7, 11) is 0. The number of nitrogens with zero attached hydrogens (tertiary/aromatic N) is 5. The summed E-state index contributed by atoms with van der Waals surface area (Å²) in [5.41, 5.74) is 0.0121. The number of hydrogen-bond donors (Lipinski definition) is 1. The van der Waals surface area contributed by atoms with E-state index in [2.05, 4.69) is 15.3 Å². The second-order valence-electron chi connectivity index (χ2n) is 4.54. The molecule has 8 nitrogen and oxygen atoms in total. The van der Waals surface area contributed by atoms with Crippen LogP contribution in [0.15, 0.2) is 6.33 Å². The van der Waals surface area contributed by atoms with Gasteiger partial charge in [0.25, 0.3) is 0 Å². The van der Waals surface area contributed by atoms with Gasteiger partial charge in [-0.25, -0.2) is 9.97 Å². The molecule has 1 saturated heterocycles. The van der Waals surface area contributed by atoms with Gasteiger partial charge in [0.15, 0.2) is 0 Å². The predicted octanol–water partition coefficient (Wildman–Crippen LogP) is 0.641. The fraction of sp³-hybridized carbons (Fsp3) is 0.667. The first-order valence-electron chi connectivity index (χ1n) is 6.89. The molecule has 1 aliphatic rings. The van der Waals surface area contributed by atoms with Crippen molar-refractivity contribution in [1.29, 1.82) is 0 Å². The molecule has 0 radical (unpaired) electrons. The SMILES string of the molecule is CCN(CC)c1ncnc(N2CCNCC2)c1[N+](=O)[O-]. The van der Waals surface area contributed by atoms with Crippen molar-refractivity contribution in [2.75, 3.05) is 49.1 Å². The van der Waals surface area contributed by atoms with E-state index >= 15 is 0 Å². The summed E-state index contributed by atoms with van der Waals surface area (Å²) in [6.45, 7) is 8.32. The van der Waals surface area contributed by atoms with Crippen LogP contribution in [0.2, 0.25) is 0 Å². The first kappa shape index (κ1) is 14.4. The molecule has 1 fully saturated rings. The van der Waals surface area contributed by atoms with Crippen LogP contribution in [-0.4, -0.2) is 54.2 Å². The molecule has 0 saturated carbocycles. The number of nitro groups is 1. The van der Waals surface area contributed by atoms with Crippen molar-refractivity contribution >= 4 is 17.3 Å². The quantitative estimate of drug-likeness (QED) is 0.625. The standard InChI is InChI=1S/C12H20N6O2/c1-3-16(4-2)11-10(18(19)20)12(15-9-14-11)17-7-5-13-6-8-17/h9,13H,3-8H2,1-2H3. The summed E-state index contributed by atoms with van der Waals surface area (Å²) < 4.78 is 0. The van der Waals surface area contributed by atoms with Crippen molar-refractivity contribution in [2.45, 2.75) is 13.8 Å². The zero-order valence-electron chi connectivity index (χ0n) is 11.9. The molecule has 0 unspecified atom stereocenters. The fourth-order valence-corrected chi connectivity index (χ4v) is 2.39. The number of piperazine rings is 1. The van der Waals surface area contributed by atoms with Crippen LogP contribution >= 0.6 is 0 Å². The summed E-state index contributed by atoms with van der Waals surface area (Å²) in [6, 6.07) is 0. The molecule has 20 heavy (non-hydrogen) atoms. The lowest BCUT2D eigenvalue weighted by Crippen LogP contribution is -2.44. The molecule has 1 N–H and O–H groups in total. The van der Waals surface area contributed by atoms with Crippen LogP contribution in [0.25, 0.3) is 0 Å². The van der Waals surface area contributed by atoms with Crippen molar-refractivity contribution in [3.8, 4) is 0 Å². The van der Waals surface area contributed by atoms with E-state index in [1.165, 1.54) is 6.33 Å². The van der Waals surface area contributed by atoms with Gasteiger partial charge in [0.05, 0.1) is 4.92 Å². The number of aromatic nitrogens is 2. The van der Waals surface area contributed by atoms with Gasteiger partial charge in [-0.15, -0.1) is 0 Å². The van der Waals surface area contributed by atoms with E-state index in [1.807, 2.05) is 23.6 Å². The highest BCUT2D eigenvalue weighted by atomic mass is 16.6. The van der Waals surface area contributed by atoms with Crippen LogP contribution in [0.5, 0.6) is 0 Å². The Bertz CT molecular complexity index is 471. The van der Waals surface area contributed by atoms with Gasteiger partial charge in [-0.1, -0.05) is 0 Å². The average Bonchev–Trinajstić information content (AvgIpc) is 2.49. The zero-order chi connectivity index (χ0) is 14.5. The summed E-state index contributed by atoms with van der Waals surface area (Å²) in [5.74, 6) is 0.830. The molecule has 1 aliphatic heterocycles. The first-order valence-corrected chi connectivity index (χ1v) is 6.89. The van der Waals surface area contributed by atoms with Gasteiger partial charge in [-0.2, -0.15) is 0 Å². The van der Waals surface area contributed by atoms with Crippen LogP contribution in [-0.2, 0) is 0 Å². The second-order valence-corrected chi connectivity index (χ2v) is 4.54. The van der Waals surface area contributed by atoms with Crippen molar-refractivity contribution < 1.29 is 4.92 Å². The van der Waals surface area contributed by atoms with Gasteiger partial charge < -0.3 is 15.1 Å². The van der Waals surface area contributed by atoms with Crippen molar-refractivity contribution in [1.82, 2.24) is 15.3 Å². The summed E-state index contributed by atoms with van der Waals surface area (Å²) in [5, 5.41) is 14.7. The normalized spacial score (nSPS) is 15.2. The Labute approximate surface area is 118 Å². The fourth-order valence-electron chi connectivity index (χ4n) is 2.39. The van der Waals surface area contributed by atoms with Gasteiger partial charge >= 0.3 is 5.69 Å². The first-order chi connectivity index (χ1) is 9.69. The number of anilines is 2. The average molecular weight is 280 g/mol. The minimum absolute atomic E-state index is 0.0121. The zero-order valence-corrected chi connectivity index (χ0v) is 11.9. The van der Waals surface area contributed by atoms with Crippen molar-refractivity contribution in [3.63, 3.8) is 0 Å². The molecule has 2 heterocycles. The van der Waals surface area contributed by atoms with E-state index in [9.17, 15) is 10.1 Å². The number of rotatable bonds is 5. The van der Waals surface area contributed by atoms with E-state index in [0.717, 1.165) is 26.2 Å². The lowest BCUT2D eigenvalue weighted by atomic mass is 10.3. The lowest BCUT2D eigenvalue weighted by molar-refractivity contribution is -0.383. The Morgan fingerprint density at radius 1 is 1.35 bits per heavy atom. The third-order valence-corrected chi connectivity index (χ3v) is 3.45. The summed E-state index contributed by atoms with van der Waals surface area (Å²) in [4.78, 5) is 23.2. The number of nitrogens with one attached hydrogen (secondary N) is 1. The Kier molecular flexibility index (Phi) is 4.67. The maximum absolute atomic E-state index is 11.5. The number of hydrogen-bond acceptors (Lipinski definition) is 7. The summed E-state index contributed by atoms with van der Waals surface area (Å²) in [6.07, 6.45) is 1.41. The van der Waals surface area contributed by atoms with Crippen LogP contribution in [0.1, 0.15) is 13.8 Å². The Hall–Kier alpha value is -1.96. The maximum atomic E-state index is 11.5. The molecule has 0 spiro atoms. The molecule has 0 atom stereocenters. The van der Waals surface area contributed by atoms with Crippen LogP contribution in [0, 0.1) is 10.1 Å². The highest BCUT2D eigenvalue weighted by Crippen LogP contribution is 2.33. The van der Waals surface area contributed by atoms with Gasteiger partial charge in [0, 0.05) is 39.3 Å². The molecule has 0 bridgehead atoms. The molecule has 8 heteroatoms. The molecule has 1 aromatic heterocycles. The largest absolute Gasteiger partial charge is 0.353 e. The molecule has 0 amide bonds. The summed E-state index contributed by atoms with van der Waals surface area (Å²) >= 11 is 0. The Morgan fingerprint density at radius 2 is 2.00 bits per heavy atom. The molecule has 0 aromatic carbocycles. The van der Waals surface area contributed by atoms with Gasteiger partial charge in [-0.05, 0) is 13.8 Å². The van der Waals surface area contributed by atoms with E-state index in [4.69, 9.17) is 0 Å². The topological polar surface area (TPSA) is 87.4 Å². The van der Waals surface area contributed by atoms with Crippen molar-refractivity contribution in [3.05, 3.63) is 16.4 Å². The van der Waals surface area contributed by atoms with Crippen LogP contribution < -0.4 is 15.1 Å². The predicted molar refractivity (Wildman–Crippen MR) is 77.3 cm³/mol. The smallest absolute Gasteiger partial charge is 0.351 e. The van der Waals surface area contributed by atoms with E-state index in [0.29, 0.717) is 24.7 Å². The van der Waals surface area contributed by atoms with Gasteiger partial charge in [0.2, 0.25) is 11.6 Å². The lowest BCUT2D eigenvalue weighted by Gasteiger charge is -2.29. The Balaban J connectivity index is 2.45. The van der Waals surface area contributed by atoms with Crippen molar-refractivity contribution in [2.24, 2.45) is 0 Å². The van der Waals surface area contributed by atoms with E-state index in [-0.39, 0.29) is 10.6 Å². The molecular formula is C12H20N6O2. The van der Waals surface area contributed by atoms with Gasteiger partial charge in [-0.3, -0.25) is 10.1 Å². The van der Waals surface area contributed by atoms with E-state index < -0.39 is 0 Å². The van der Waals surface area contributed by atoms with Crippen LogP contribution in [0.3, 0.4) is 0 Å². The third-order valence-electron chi connectivity index (χ3n) is 3.45. The minimum atomic E-state index is -0.370. The molecule has 2 rings (SSSR count). The second kappa shape index (κ2) is 6.47. The Morgan fingerprint density at radius 3 is 2.55 bits per heavy atom. The minimum Gasteiger partial charge on any atom is -0.351 e.